The maximum absolute atomic E-state index is 4.49. The lowest BCUT2D eigenvalue weighted by Gasteiger charge is -2.01. The van der Waals surface area contributed by atoms with E-state index in [1.807, 2.05) is 19.2 Å². The van der Waals surface area contributed by atoms with Crippen LogP contribution < -0.4 is 0 Å². The smallest absolute Gasteiger partial charge is 0.0379 e. The summed E-state index contributed by atoms with van der Waals surface area (Å²) in [6, 6.07) is 21.1. The quantitative estimate of drug-likeness (QED) is 0.475. The lowest BCUT2D eigenvalue weighted by molar-refractivity contribution is 1.20. The fourth-order valence-electron chi connectivity index (χ4n) is 3.09. The van der Waals surface area contributed by atoms with Gasteiger partial charge in [0.2, 0.25) is 0 Å². The Bertz CT molecular complexity index is 918. The van der Waals surface area contributed by atoms with E-state index in [4.69, 9.17) is 0 Å². The first-order valence-corrected chi connectivity index (χ1v) is 7.83. The van der Waals surface area contributed by atoms with Crippen LogP contribution in [0.4, 0.5) is 0 Å². The maximum Gasteiger partial charge on any atom is 0.0379 e. The van der Waals surface area contributed by atoms with Crippen LogP contribution in [0.2, 0.25) is 0 Å². The third kappa shape index (κ3) is 2.51. The van der Waals surface area contributed by atoms with E-state index >= 15 is 0 Å². The van der Waals surface area contributed by atoms with E-state index in [-0.39, 0.29) is 0 Å². The highest BCUT2D eigenvalue weighted by molar-refractivity contribution is 6.01. The molecule has 0 spiro atoms. The van der Waals surface area contributed by atoms with Gasteiger partial charge in [-0.15, -0.1) is 0 Å². The minimum absolute atomic E-state index is 1.06. The van der Waals surface area contributed by atoms with Gasteiger partial charge in [-0.1, -0.05) is 72.8 Å². The van der Waals surface area contributed by atoms with Crippen molar-refractivity contribution < 1.29 is 0 Å². The number of hydrogen-bond donors (Lipinski definition) is 0. The number of fused-ring (bicyclic) bond motifs is 3. The Morgan fingerprint density at radius 1 is 0.783 bits per heavy atom. The first-order valence-electron chi connectivity index (χ1n) is 7.83. The molecule has 0 saturated heterocycles. The minimum atomic E-state index is 1.06. The van der Waals surface area contributed by atoms with E-state index < -0.39 is 0 Å². The van der Waals surface area contributed by atoms with E-state index in [1.54, 1.807) is 0 Å². The zero-order valence-corrected chi connectivity index (χ0v) is 13.0. The number of aryl methyl sites for hydroxylation is 1. The largest absolute Gasteiger partial charge is 0.261 e. The topological polar surface area (TPSA) is 12.9 Å². The van der Waals surface area contributed by atoms with Gasteiger partial charge in [-0.05, 0) is 40.8 Å². The summed E-state index contributed by atoms with van der Waals surface area (Å²) in [5, 5.41) is 0. The predicted octanol–water partition coefficient (Wildman–Crippen LogP) is 5.52. The molecule has 0 fully saturated rings. The number of benzene rings is 2. The van der Waals surface area contributed by atoms with Crippen molar-refractivity contribution in [2.24, 2.45) is 0 Å². The van der Waals surface area contributed by atoms with Gasteiger partial charge in [-0.3, -0.25) is 4.98 Å². The van der Waals surface area contributed by atoms with Crippen LogP contribution in [0, 0.1) is 6.92 Å². The van der Waals surface area contributed by atoms with Gasteiger partial charge in [0.15, 0.2) is 0 Å². The molecule has 3 aromatic rings. The molecule has 1 aliphatic rings. The SMILES string of the molecule is Cc1cc2c(cn1)C(=CC=Cc1ccccc1)c1ccccc1-2. The lowest BCUT2D eigenvalue weighted by Crippen LogP contribution is -1.85. The molecule has 1 aromatic heterocycles. The molecule has 110 valence electrons. The van der Waals surface area contributed by atoms with Crippen molar-refractivity contribution in [1.82, 2.24) is 4.98 Å². The molecular weight excluding hydrogens is 278 g/mol. The zero-order chi connectivity index (χ0) is 15.6. The van der Waals surface area contributed by atoms with Gasteiger partial charge >= 0.3 is 0 Å². The molecule has 0 atom stereocenters. The molecule has 0 saturated carbocycles. The van der Waals surface area contributed by atoms with E-state index in [1.165, 1.54) is 33.4 Å². The molecule has 0 N–H and O–H groups in total. The Morgan fingerprint density at radius 3 is 2.35 bits per heavy atom. The average Bonchev–Trinajstić information content (AvgIpc) is 2.90. The van der Waals surface area contributed by atoms with Crippen LogP contribution in [0.15, 0.2) is 79.0 Å². The van der Waals surface area contributed by atoms with Gasteiger partial charge in [-0.25, -0.2) is 0 Å². The van der Waals surface area contributed by atoms with Crippen LogP contribution in [0.5, 0.6) is 0 Å². The maximum atomic E-state index is 4.49. The molecule has 2 aromatic carbocycles. The average molecular weight is 295 g/mol. The number of hydrogen-bond acceptors (Lipinski definition) is 1. The second-order valence-electron chi connectivity index (χ2n) is 5.77. The summed E-state index contributed by atoms with van der Waals surface area (Å²) in [5.41, 5.74) is 8.59. The molecule has 4 rings (SSSR count). The summed E-state index contributed by atoms with van der Waals surface area (Å²) in [5.74, 6) is 0. The van der Waals surface area contributed by atoms with E-state index in [9.17, 15) is 0 Å². The van der Waals surface area contributed by atoms with Crippen LogP contribution in [-0.2, 0) is 0 Å². The molecule has 0 aliphatic heterocycles. The van der Waals surface area contributed by atoms with Crippen molar-refractivity contribution in [2.45, 2.75) is 6.92 Å². The number of aromatic nitrogens is 1. The third-order valence-electron chi connectivity index (χ3n) is 4.19. The molecular formula is C22H17N. The lowest BCUT2D eigenvalue weighted by atomic mass is 10.0. The van der Waals surface area contributed by atoms with Crippen molar-refractivity contribution in [2.75, 3.05) is 0 Å². The highest BCUT2D eigenvalue weighted by Crippen LogP contribution is 2.43. The summed E-state index contributed by atoms with van der Waals surface area (Å²) >= 11 is 0. The summed E-state index contributed by atoms with van der Waals surface area (Å²) in [4.78, 5) is 4.49. The minimum Gasteiger partial charge on any atom is -0.261 e. The highest BCUT2D eigenvalue weighted by Gasteiger charge is 2.22. The van der Waals surface area contributed by atoms with Gasteiger partial charge in [0, 0.05) is 17.5 Å². The van der Waals surface area contributed by atoms with Gasteiger partial charge < -0.3 is 0 Å². The van der Waals surface area contributed by atoms with Crippen LogP contribution in [-0.4, -0.2) is 4.98 Å². The molecule has 0 unspecified atom stereocenters. The Hall–Kier alpha value is -2.93. The van der Waals surface area contributed by atoms with Crippen LogP contribution in [0.25, 0.3) is 22.8 Å². The van der Waals surface area contributed by atoms with Crippen molar-refractivity contribution >= 4 is 11.6 Å². The number of nitrogens with zero attached hydrogens (tertiary/aromatic N) is 1. The second kappa shape index (κ2) is 5.69. The van der Waals surface area contributed by atoms with Crippen molar-refractivity contribution in [1.29, 1.82) is 0 Å². The number of allylic oxidation sites excluding steroid dienone is 2. The van der Waals surface area contributed by atoms with Gasteiger partial charge in [0.25, 0.3) is 0 Å². The zero-order valence-electron chi connectivity index (χ0n) is 13.0. The fourth-order valence-corrected chi connectivity index (χ4v) is 3.09. The summed E-state index contributed by atoms with van der Waals surface area (Å²) in [6.07, 6.45) is 8.44. The summed E-state index contributed by atoms with van der Waals surface area (Å²) in [7, 11) is 0. The Morgan fingerprint density at radius 2 is 1.52 bits per heavy atom. The first-order chi connectivity index (χ1) is 11.3. The van der Waals surface area contributed by atoms with Crippen LogP contribution >= 0.6 is 0 Å². The van der Waals surface area contributed by atoms with Gasteiger partial charge in [0.05, 0.1) is 0 Å². The van der Waals surface area contributed by atoms with E-state index in [0.29, 0.717) is 0 Å². The Labute approximate surface area is 136 Å². The van der Waals surface area contributed by atoms with Crippen LogP contribution in [0.1, 0.15) is 22.4 Å². The van der Waals surface area contributed by atoms with Gasteiger partial charge in [-0.2, -0.15) is 0 Å². The monoisotopic (exact) mass is 295 g/mol. The predicted molar refractivity (Wildman–Crippen MR) is 97.0 cm³/mol. The van der Waals surface area contributed by atoms with Crippen molar-refractivity contribution in [3.8, 4) is 11.1 Å². The van der Waals surface area contributed by atoms with Crippen molar-refractivity contribution in [3.05, 3.63) is 101 Å². The van der Waals surface area contributed by atoms with Crippen molar-refractivity contribution in [3.63, 3.8) is 0 Å². The molecule has 1 heterocycles. The normalized spacial score (nSPS) is 14.2. The molecule has 1 nitrogen and oxygen atoms in total. The second-order valence-corrected chi connectivity index (χ2v) is 5.77. The summed E-state index contributed by atoms with van der Waals surface area (Å²) < 4.78 is 0. The molecule has 0 bridgehead atoms. The molecule has 1 aliphatic carbocycles. The summed E-state index contributed by atoms with van der Waals surface area (Å²) in [6.45, 7) is 2.04. The highest BCUT2D eigenvalue weighted by atomic mass is 14.7. The fraction of sp³-hybridized carbons (Fsp3) is 0.0455. The standard InChI is InChI=1S/C22H17N/c1-16-14-21-19-12-6-5-11-18(19)20(22(21)15-23-16)13-7-10-17-8-3-2-4-9-17/h2-15H,1H3. The van der Waals surface area contributed by atoms with Crippen LogP contribution in [0.3, 0.4) is 0 Å². The van der Waals surface area contributed by atoms with Gasteiger partial charge in [0.1, 0.15) is 0 Å². The Balaban J connectivity index is 1.80. The first kappa shape index (κ1) is 13.7. The Kier molecular flexibility index (Phi) is 3.39. The molecule has 1 heteroatoms. The number of pyridine rings is 1. The molecule has 23 heavy (non-hydrogen) atoms. The van der Waals surface area contributed by atoms with E-state index in [2.05, 4.69) is 77.8 Å². The third-order valence-corrected chi connectivity index (χ3v) is 4.19. The number of rotatable bonds is 2. The molecule has 0 amide bonds. The molecule has 0 radical (unpaired) electrons. The van der Waals surface area contributed by atoms with E-state index in [0.717, 1.165) is 5.69 Å².